The molecule has 3 amide bonds. The molecule has 0 fully saturated rings. The SMILES string of the molecule is CO[C@H]1CN(C)C(=O)c2ccc(NC(=O)NC(C)C)cc2OC[C@@H](C)N(Cc2ccc(-c3ccccn3)cc2)C[C@@H]1C. The third-order valence-electron chi connectivity index (χ3n) is 7.55. The van der Waals surface area contributed by atoms with Crippen molar-refractivity contribution >= 4 is 17.6 Å². The maximum atomic E-state index is 13.5. The molecule has 4 rings (SSSR count). The van der Waals surface area contributed by atoms with Crippen LogP contribution in [0.5, 0.6) is 5.75 Å². The number of fused-ring (bicyclic) bond motifs is 1. The van der Waals surface area contributed by atoms with Gasteiger partial charge in [-0.2, -0.15) is 0 Å². The first-order chi connectivity index (χ1) is 20.1. The predicted octanol–water partition coefficient (Wildman–Crippen LogP) is 5.28. The molecule has 3 aromatic rings. The fraction of sp³-hybridized carbons (Fsp3) is 0.424. The lowest BCUT2D eigenvalue weighted by Gasteiger charge is -2.36. The number of likely N-dealkylation sites (N-methyl/N-ethyl adjacent to an activating group) is 1. The molecule has 2 heterocycles. The van der Waals surface area contributed by atoms with Gasteiger partial charge in [0.1, 0.15) is 12.4 Å². The summed E-state index contributed by atoms with van der Waals surface area (Å²) in [6.45, 7) is 10.4. The molecule has 3 atom stereocenters. The zero-order chi connectivity index (χ0) is 30.2. The van der Waals surface area contributed by atoms with Crippen LogP contribution in [-0.2, 0) is 11.3 Å². The van der Waals surface area contributed by atoms with Gasteiger partial charge in [-0.25, -0.2) is 4.79 Å². The molecule has 2 N–H and O–H groups in total. The van der Waals surface area contributed by atoms with Gasteiger partial charge in [0.2, 0.25) is 0 Å². The van der Waals surface area contributed by atoms with Crippen molar-refractivity contribution in [3.63, 3.8) is 0 Å². The van der Waals surface area contributed by atoms with Gasteiger partial charge in [-0.05, 0) is 56.5 Å². The van der Waals surface area contributed by atoms with Gasteiger partial charge in [0, 0.05) is 69.4 Å². The Morgan fingerprint density at radius 3 is 2.52 bits per heavy atom. The van der Waals surface area contributed by atoms with Gasteiger partial charge < -0.3 is 25.0 Å². The molecule has 2 aromatic carbocycles. The van der Waals surface area contributed by atoms with Crippen molar-refractivity contribution in [1.29, 1.82) is 0 Å². The number of methoxy groups -OCH3 is 1. The molecule has 1 aliphatic heterocycles. The molecule has 0 saturated heterocycles. The molecule has 0 aliphatic carbocycles. The van der Waals surface area contributed by atoms with E-state index in [0.29, 0.717) is 30.2 Å². The van der Waals surface area contributed by atoms with Crippen LogP contribution in [0.2, 0.25) is 0 Å². The van der Waals surface area contributed by atoms with Crippen LogP contribution in [0.3, 0.4) is 0 Å². The first-order valence-corrected chi connectivity index (χ1v) is 14.5. The van der Waals surface area contributed by atoms with Crippen LogP contribution in [0.4, 0.5) is 10.5 Å². The van der Waals surface area contributed by atoms with Crippen LogP contribution in [-0.4, -0.2) is 78.8 Å². The number of benzene rings is 2. The molecule has 0 saturated carbocycles. The topological polar surface area (TPSA) is 96.0 Å². The van der Waals surface area contributed by atoms with E-state index in [0.717, 1.165) is 24.3 Å². The number of carbonyl (C=O) groups is 2. The smallest absolute Gasteiger partial charge is 0.319 e. The van der Waals surface area contributed by atoms with Crippen LogP contribution in [0.25, 0.3) is 11.3 Å². The van der Waals surface area contributed by atoms with Crippen LogP contribution < -0.4 is 15.4 Å². The summed E-state index contributed by atoms with van der Waals surface area (Å²) in [5.74, 6) is 0.434. The van der Waals surface area contributed by atoms with E-state index < -0.39 is 0 Å². The van der Waals surface area contributed by atoms with Crippen molar-refractivity contribution in [2.24, 2.45) is 5.92 Å². The van der Waals surface area contributed by atoms with E-state index in [1.54, 1.807) is 43.5 Å². The Morgan fingerprint density at radius 1 is 1.10 bits per heavy atom. The summed E-state index contributed by atoms with van der Waals surface area (Å²) in [4.78, 5) is 34.4. The maximum absolute atomic E-state index is 13.5. The maximum Gasteiger partial charge on any atom is 0.319 e. The number of nitrogens with zero attached hydrogens (tertiary/aromatic N) is 3. The summed E-state index contributed by atoms with van der Waals surface area (Å²) in [5.41, 5.74) is 4.20. The Kier molecular flexibility index (Phi) is 10.5. The summed E-state index contributed by atoms with van der Waals surface area (Å²) in [6.07, 6.45) is 1.65. The number of aromatic nitrogens is 1. The third kappa shape index (κ3) is 8.08. The predicted molar refractivity (Wildman–Crippen MR) is 166 cm³/mol. The van der Waals surface area contributed by atoms with Crippen LogP contribution in [0, 0.1) is 5.92 Å². The molecule has 42 heavy (non-hydrogen) atoms. The van der Waals surface area contributed by atoms with E-state index in [4.69, 9.17) is 9.47 Å². The van der Waals surface area contributed by atoms with Crippen LogP contribution >= 0.6 is 0 Å². The number of hydrogen-bond acceptors (Lipinski definition) is 6. The highest BCUT2D eigenvalue weighted by Gasteiger charge is 2.28. The van der Waals surface area contributed by atoms with Crippen molar-refractivity contribution in [3.8, 4) is 17.0 Å². The number of urea groups is 1. The molecule has 9 nitrogen and oxygen atoms in total. The Balaban J connectivity index is 1.59. The third-order valence-corrected chi connectivity index (χ3v) is 7.55. The highest BCUT2D eigenvalue weighted by Crippen LogP contribution is 2.27. The highest BCUT2D eigenvalue weighted by atomic mass is 16.5. The number of pyridine rings is 1. The summed E-state index contributed by atoms with van der Waals surface area (Å²) < 4.78 is 12.2. The zero-order valence-electron chi connectivity index (χ0n) is 25.5. The number of ether oxygens (including phenoxy) is 2. The standard InChI is InChI=1S/C33H43N5O4/c1-22(2)35-33(40)36-27-14-15-28-30(17-27)42-21-24(4)38(18-23(3)31(41-6)20-37(5)32(28)39)19-25-10-12-26(13-11-25)29-9-7-8-16-34-29/h7-17,22-24,31H,18-21H2,1-6H3,(H2,35,36,40)/t23-,24+,31-/m0/s1. The molecule has 1 aliphatic rings. The van der Waals surface area contributed by atoms with Gasteiger partial charge in [0.05, 0.1) is 17.4 Å². The lowest BCUT2D eigenvalue weighted by molar-refractivity contribution is 0.00922. The number of carbonyl (C=O) groups excluding carboxylic acids is 2. The molecule has 224 valence electrons. The lowest BCUT2D eigenvalue weighted by Crippen LogP contribution is -2.46. The van der Waals surface area contributed by atoms with E-state index in [2.05, 4.69) is 58.6 Å². The Morgan fingerprint density at radius 2 is 1.86 bits per heavy atom. The van der Waals surface area contributed by atoms with Crippen molar-refractivity contribution in [2.45, 2.75) is 52.4 Å². The van der Waals surface area contributed by atoms with E-state index in [-0.39, 0.29) is 36.0 Å². The number of hydrogen-bond donors (Lipinski definition) is 2. The highest BCUT2D eigenvalue weighted by molar-refractivity contribution is 5.98. The molecule has 1 aromatic heterocycles. The second-order valence-corrected chi connectivity index (χ2v) is 11.4. The largest absolute Gasteiger partial charge is 0.491 e. The average molecular weight is 574 g/mol. The Bertz CT molecular complexity index is 1330. The summed E-state index contributed by atoms with van der Waals surface area (Å²) >= 11 is 0. The van der Waals surface area contributed by atoms with Gasteiger partial charge in [0.15, 0.2) is 0 Å². The van der Waals surface area contributed by atoms with E-state index in [9.17, 15) is 9.59 Å². The fourth-order valence-corrected chi connectivity index (χ4v) is 5.12. The molecule has 0 bridgehead atoms. The van der Waals surface area contributed by atoms with Crippen molar-refractivity contribution < 1.29 is 19.1 Å². The van der Waals surface area contributed by atoms with Crippen molar-refractivity contribution in [2.75, 3.05) is 39.2 Å². The number of nitrogens with one attached hydrogen (secondary N) is 2. The molecule has 0 unspecified atom stereocenters. The second-order valence-electron chi connectivity index (χ2n) is 11.4. The molecular weight excluding hydrogens is 530 g/mol. The minimum absolute atomic E-state index is 0.00470. The molecule has 9 heteroatoms. The summed E-state index contributed by atoms with van der Waals surface area (Å²) in [6, 6.07) is 19.3. The number of anilines is 1. The van der Waals surface area contributed by atoms with Crippen LogP contribution in [0.15, 0.2) is 66.9 Å². The Labute approximate surface area is 249 Å². The summed E-state index contributed by atoms with van der Waals surface area (Å²) in [5, 5.41) is 5.65. The lowest BCUT2D eigenvalue weighted by atomic mass is 10.0. The van der Waals surface area contributed by atoms with Gasteiger partial charge in [-0.15, -0.1) is 0 Å². The van der Waals surface area contributed by atoms with Gasteiger partial charge in [-0.1, -0.05) is 37.3 Å². The van der Waals surface area contributed by atoms with Crippen molar-refractivity contribution in [1.82, 2.24) is 20.1 Å². The first kappa shape index (κ1) is 31.0. The zero-order valence-corrected chi connectivity index (χ0v) is 25.5. The summed E-state index contributed by atoms with van der Waals surface area (Å²) in [7, 11) is 3.48. The van der Waals surface area contributed by atoms with Crippen molar-refractivity contribution in [3.05, 3.63) is 78.0 Å². The minimum Gasteiger partial charge on any atom is -0.491 e. The van der Waals surface area contributed by atoms with E-state index >= 15 is 0 Å². The van der Waals surface area contributed by atoms with Gasteiger partial charge in [-0.3, -0.25) is 14.7 Å². The van der Waals surface area contributed by atoms with Gasteiger partial charge >= 0.3 is 6.03 Å². The van der Waals surface area contributed by atoms with Crippen LogP contribution in [0.1, 0.15) is 43.6 Å². The van der Waals surface area contributed by atoms with E-state index in [1.807, 2.05) is 32.0 Å². The molecular formula is C33H43N5O4. The number of amides is 3. The monoisotopic (exact) mass is 573 g/mol. The second kappa shape index (κ2) is 14.3. The molecule has 0 radical (unpaired) electrons. The van der Waals surface area contributed by atoms with E-state index in [1.165, 1.54) is 5.56 Å². The van der Waals surface area contributed by atoms with Gasteiger partial charge in [0.25, 0.3) is 5.91 Å². The minimum atomic E-state index is -0.313. The Hall–Kier alpha value is -3.95. The quantitative estimate of drug-likeness (QED) is 0.416. The molecule has 0 spiro atoms. The average Bonchev–Trinajstić information content (AvgIpc) is 2.97. The number of rotatable bonds is 6. The fourth-order valence-electron chi connectivity index (χ4n) is 5.12. The first-order valence-electron chi connectivity index (χ1n) is 14.5. The normalized spacial score (nSPS) is 20.2.